The highest BCUT2D eigenvalue weighted by atomic mass is 35.5. The van der Waals surface area contributed by atoms with Crippen molar-refractivity contribution in [2.75, 3.05) is 6.54 Å². The van der Waals surface area contributed by atoms with Crippen LogP contribution in [0.1, 0.15) is 34.9 Å². The lowest BCUT2D eigenvalue weighted by Crippen LogP contribution is -2.37. The monoisotopic (exact) mass is 359 g/mol. The summed E-state index contributed by atoms with van der Waals surface area (Å²) in [7, 11) is 0. The first-order valence-electron chi connectivity index (χ1n) is 6.62. The number of hydrogen-bond acceptors (Lipinski definition) is 4. The van der Waals surface area contributed by atoms with Gasteiger partial charge in [0.1, 0.15) is 10.7 Å². The Kier molecular flexibility index (Phi) is 6.81. The van der Waals surface area contributed by atoms with E-state index in [-0.39, 0.29) is 23.7 Å². The number of halogens is 2. The molecule has 0 aliphatic carbocycles. The molecule has 0 unspecified atom stereocenters. The number of hydrogen-bond donors (Lipinski definition) is 2. The summed E-state index contributed by atoms with van der Waals surface area (Å²) in [5.41, 5.74) is 6.66. The van der Waals surface area contributed by atoms with E-state index in [0.717, 1.165) is 10.6 Å². The SMILES string of the molecule is CC(C)(CNC(=O)c1csc(CN)n1)c1ccccc1Cl.Cl. The topological polar surface area (TPSA) is 68.0 Å². The number of nitrogens with zero attached hydrogens (tertiary/aromatic N) is 1. The normalized spacial score (nSPS) is 10.9. The molecule has 1 aromatic heterocycles. The molecule has 120 valence electrons. The molecular weight excluding hydrogens is 341 g/mol. The first kappa shape index (κ1) is 18.9. The molecule has 2 rings (SSSR count). The van der Waals surface area contributed by atoms with Crippen LogP contribution in [0.3, 0.4) is 0 Å². The lowest BCUT2D eigenvalue weighted by atomic mass is 9.84. The van der Waals surface area contributed by atoms with Crippen molar-refractivity contribution in [3.63, 3.8) is 0 Å². The van der Waals surface area contributed by atoms with Crippen molar-refractivity contribution in [3.8, 4) is 0 Å². The Labute approximate surface area is 145 Å². The Bertz CT molecular complexity index is 643. The summed E-state index contributed by atoms with van der Waals surface area (Å²) in [4.78, 5) is 16.3. The third-order valence-corrected chi connectivity index (χ3v) is 4.45. The zero-order valence-electron chi connectivity index (χ0n) is 12.4. The molecule has 0 radical (unpaired) electrons. The molecule has 0 fully saturated rings. The fourth-order valence-corrected chi connectivity index (χ4v) is 3.05. The summed E-state index contributed by atoms with van der Waals surface area (Å²) in [5.74, 6) is -0.189. The van der Waals surface area contributed by atoms with Crippen molar-refractivity contribution in [1.29, 1.82) is 0 Å². The minimum Gasteiger partial charge on any atom is -0.350 e. The molecule has 22 heavy (non-hydrogen) atoms. The summed E-state index contributed by atoms with van der Waals surface area (Å²) in [6.45, 7) is 4.91. The number of carbonyl (C=O) groups excluding carboxylic acids is 1. The molecular formula is C15H19Cl2N3OS. The first-order chi connectivity index (χ1) is 9.94. The maximum atomic E-state index is 12.1. The predicted molar refractivity (Wildman–Crippen MR) is 94.1 cm³/mol. The van der Waals surface area contributed by atoms with Gasteiger partial charge in [-0.25, -0.2) is 4.98 Å². The average molecular weight is 360 g/mol. The summed E-state index contributed by atoms with van der Waals surface area (Å²) >= 11 is 7.62. The molecule has 0 saturated heterocycles. The number of nitrogens with one attached hydrogen (secondary N) is 1. The Morgan fingerprint density at radius 1 is 1.41 bits per heavy atom. The van der Waals surface area contributed by atoms with E-state index in [1.165, 1.54) is 11.3 Å². The Morgan fingerprint density at radius 3 is 2.68 bits per heavy atom. The van der Waals surface area contributed by atoms with Gasteiger partial charge in [-0.2, -0.15) is 0 Å². The van der Waals surface area contributed by atoms with E-state index in [0.29, 0.717) is 23.8 Å². The Balaban J connectivity index is 0.00000242. The summed E-state index contributed by atoms with van der Waals surface area (Å²) < 4.78 is 0. The molecule has 0 bridgehead atoms. The molecule has 0 saturated carbocycles. The predicted octanol–water partition coefficient (Wildman–Crippen LogP) is 3.38. The van der Waals surface area contributed by atoms with Crippen molar-refractivity contribution < 1.29 is 4.79 Å². The van der Waals surface area contributed by atoms with Gasteiger partial charge in [-0.15, -0.1) is 23.7 Å². The molecule has 4 nitrogen and oxygen atoms in total. The van der Waals surface area contributed by atoms with Crippen LogP contribution in [0, 0.1) is 0 Å². The fraction of sp³-hybridized carbons (Fsp3) is 0.333. The van der Waals surface area contributed by atoms with Gasteiger partial charge in [0.2, 0.25) is 0 Å². The van der Waals surface area contributed by atoms with Gasteiger partial charge in [0.15, 0.2) is 0 Å². The van der Waals surface area contributed by atoms with Gasteiger partial charge in [0, 0.05) is 28.9 Å². The number of amides is 1. The van der Waals surface area contributed by atoms with Crippen LogP contribution in [0.4, 0.5) is 0 Å². The van der Waals surface area contributed by atoms with Gasteiger partial charge in [0.25, 0.3) is 5.91 Å². The van der Waals surface area contributed by atoms with E-state index in [1.807, 2.05) is 38.1 Å². The zero-order valence-corrected chi connectivity index (χ0v) is 14.8. The number of rotatable bonds is 5. The summed E-state index contributed by atoms with van der Waals surface area (Å²) in [6.07, 6.45) is 0. The minimum absolute atomic E-state index is 0. The molecule has 1 amide bonds. The lowest BCUT2D eigenvalue weighted by molar-refractivity contribution is 0.0941. The Hall–Kier alpha value is -1.14. The average Bonchev–Trinajstić information content (AvgIpc) is 2.94. The number of nitrogens with two attached hydrogens (primary N) is 1. The van der Waals surface area contributed by atoms with Crippen molar-refractivity contribution in [2.45, 2.75) is 25.8 Å². The number of carbonyl (C=O) groups is 1. The molecule has 1 heterocycles. The van der Waals surface area contributed by atoms with E-state index >= 15 is 0 Å². The van der Waals surface area contributed by atoms with Crippen LogP contribution in [0.5, 0.6) is 0 Å². The highest BCUT2D eigenvalue weighted by molar-refractivity contribution is 7.09. The minimum atomic E-state index is -0.263. The van der Waals surface area contributed by atoms with Crippen LogP contribution in [-0.2, 0) is 12.0 Å². The van der Waals surface area contributed by atoms with Crippen molar-refractivity contribution >= 4 is 41.3 Å². The quantitative estimate of drug-likeness (QED) is 0.859. The van der Waals surface area contributed by atoms with Crippen molar-refractivity contribution in [1.82, 2.24) is 10.3 Å². The van der Waals surface area contributed by atoms with Crippen molar-refractivity contribution in [3.05, 3.63) is 50.9 Å². The molecule has 0 spiro atoms. The van der Waals surface area contributed by atoms with E-state index < -0.39 is 0 Å². The maximum absolute atomic E-state index is 12.1. The fourth-order valence-electron chi connectivity index (χ4n) is 2.01. The van der Waals surface area contributed by atoms with Crippen LogP contribution in [-0.4, -0.2) is 17.4 Å². The molecule has 1 aromatic carbocycles. The van der Waals surface area contributed by atoms with Gasteiger partial charge < -0.3 is 11.1 Å². The molecule has 2 aromatic rings. The lowest BCUT2D eigenvalue weighted by Gasteiger charge is -2.26. The Morgan fingerprint density at radius 2 is 2.09 bits per heavy atom. The van der Waals surface area contributed by atoms with Gasteiger partial charge in [-0.3, -0.25) is 4.79 Å². The van der Waals surface area contributed by atoms with Crippen LogP contribution in [0.2, 0.25) is 5.02 Å². The molecule has 7 heteroatoms. The third kappa shape index (κ3) is 4.43. The summed E-state index contributed by atoms with van der Waals surface area (Å²) in [6, 6.07) is 7.67. The van der Waals surface area contributed by atoms with Crippen molar-refractivity contribution in [2.24, 2.45) is 5.73 Å². The molecule has 3 N–H and O–H groups in total. The second-order valence-corrected chi connectivity index (χ2v) is 6.73. The maximum Gasteiger partial charge on any atom is 0.270 e. The van der Waals surface area contributed by atoms with Crippen LogP contribution >= 0.6 is 35.3 Å². The van der Waals surface area contributed by atoms with Crippen LogP contribution in [0.25, 0.3) is 0 Å². The van der Waals surface area contributed by atoms with E-state index in [1.54, 1.807) is 5.38 Å². The second-order valence-electron chi connectivity index (χ2n) is 5.38. The molecule has 0 atom stereocenters. The standard InChI is InChI=1S/C15H18ClN3OS.ClH/c1-15(2,10-5-3-4-6-11(10)16)9-18-14(20)12-8-21-13(7-17)19-12;/h3-6,8H,7,9,17H2,1-2H3,(H,18,20);1H. The largest absolute Gasteiger partial charge is 0.350 e. The van der Waals surface area contributed by atoms with Gasteiger partial charge >= 0.3 is 0 Å². The van der Waals surface area contributed by atoms with Gasteiger partial charge in [-0.05, 0) is 11.6 Å². The summed E-state index contributed by atoms with van der Waals surface area (Å²) in [5, 5.41) is 6.09. The second kappa shape index (κ2) is 7.92. The third-order valence-electron chi connectivity index (χ3n) is 3.25. The highest BCUT2D eigenvalue weighted by Gasteiger charge is 2.24. The van der Waals surface area contributed by atoms with Gasteiger partial charge in [0.05, 0.1) is 0 Å². The highest BCUT2D eigenvalue weighted by Crippen LogP contribution is 2.29. The van der Waals surface area contributed by atoms with E-state index in [4.69, 9.17) is 17.3 Å². The van der Waals surface area contributed by atoms with Crippen LogP contribution < -0.4 is 11.1 Å². The van der Waals surface area contributed by atoms with E-state index in [9.17, 15) is 4.79 Å². The molecule has 0 aliphatic heterocycles. The first-order valence-corrected chi connectivity index (χ1v) is 7.87. The number of thiazole rings is 1. The van der Waals surface area contributed by atoms with Crippen LogP contribution in [0.15, 0.2) is 29.6 Å². The number of aromatic nitrogens is 1. The van der Waals surface area contributed by atoms with Gasteiger partial charge in [-0.1, -0.05) is 43.6 Å². The number of benzene rings is 1. The zero-order chi connectivity index (χ0) is 15.5. The smallest absolute Gasteiger partial charge is 0.270 e. The molecule has 0 aliphatic rings. The van der Waals surface area contributed by atoms with E-state index in [2.05, 4.69) is 10.3 Å².